The van der Waals surface area contributed by atoms with Crippen molar-refractivity contribution < 1.29 is 9.53 Å². The zero-order valence-electron chi connectivity index (χ0n) is 12.5. The molecule has 0 bridgehead atoms. The molecule has 0 spiro atoms. The molecule has 1 aliphatic heterocycles. The quantitative estimate of drug-likeness (QED) is 0.838. The van der Waals surface area contributed by atoms with E-state index in [-0.39, 0.29) is 11.5 Å². The van der Waals surface area contributed by atoms with Crippen molar-refractivity contribution in [3.63, 3.8) is 0 Å². The van der Waals surface area contributed by atoms with Crippen molar-refractivity contribution in [2.24, 2.45) is 0 Å². The summed E-state index contributed by atoms with van der Waals surface area (Å²) in [6, 6.07) is 5.06. The molecule has 1 fully saturated rings. The van der Waals surface area contributed by atoms with Gasteiger partial charge in [0.25, 0.3) is 0 Å². The van der Waals surface area contributed by atoms with Crippen LogP contribution in [0.1, 0.15) is 20.3 Å². The number of hydrogen-bond donors (Lipinski definition) is 2. The lowest BCUT2D eigenvalue weighted by Gasteiger charge is -2.38. The minimum Gasteiger partial charge on any atom is -0.399 e. The van der Waals surface area contributed by atoms with Crippen LogP contribution in [0.25, 0.3) is 0 Å². The van der Waals surface area contributed by atoms with E-state index >= 15 is 0 Å². The molecule has 1 aromatic rings. The molecule has 0 atom stereocenters. The molecule has 6 heteroatoms. The number of hydrogen-bond acceptors (Lipinski definition) is 4. The summed E-state index contributed by atoms with van der Waals surface area (Å²) < 4.78 is 5.65. The maximum absolute atomic E-state index is 12.0. The van der Waals surface area contributed by atoms with Gasteiger partial charge in [-0.25, -0.2) is 0 Å². The number of halogens is 1. The summed E-state index contributed by atoms with van der Waals surface area (Å²) in [5, 5.41) is 3.27. The molecule has 116 valence electrons. The Morgan fingerprint density at radius 2 is 2.29 bits per heavy atom. The van der Waals surface area contributed by atoms with Crippen LogP contribution in [0, 0.1) is 0 Å². The van der Waals surface area contributed by atoms with Crippen LogP contribution < -0.4 is 11.1 Å². The van der Waals surface area contributed by atoms with E-state index in [0.29, 0.717) is 36.0 Å². The predicted octanol–water partition coefficient (Wildman–Crippen LogP) is 2.36. The molecular formula is C15H22ClN3O2. The van der Waals surface area contributed by atoms with Crippen LogP contribution in [0.2, 0.25) is 5.02 Å². The number of nitrogens with one attached hydrogen (secondary N) is 1. The highest BCUT2D eigenvalue weighted by Crippen LogP contribution is 2.24. The molecule has 2 rings (SSSR count). The minimum atomic E-state index is -0.144. The van der Waals surface area contributed by atoms with E-state index in [2.05, 4.69) is 24.1 Å². The number of nitrogens with zero attached hydrogens (tertiary/aromatic N) is 1. The average molecular weight is 312 g/mol. The van der Waals surface area contributed by atoms with E-state index in [0.717, 1.165) is 13.1 Å². The smallest absolute Gasteiger partial charge is 0.225 e. The molecule has 1 amide bonds. The van der Waals surface area contributed by atoms with Crippen molar-refractivity contribution in [3.8, 4) is 0 Å². The maximum Gasteiger partial charge on any atom is 0.225 e. The Morgan fingerprint density at radius 3 is 2.95 bits per heavy atom. The fraction of sp³-hybridized carbons (Fsp3) is 0.533. The van der Waals surface area contributed by atoms with Crippen molar-refractivity contribution in [1.82, 2.24) is 4.90 Å². The van der Waals surface area contributed by atoms with Gasteiger partial charge in [-0.05, 0) is 32.0 Å². The van der Waals surface area contributed by atoms with E-state index < -0.39 is 0 Å². The summed E-state index contributed by atoms with van der Waals surface area (Å²) in [5.74, 6) is -0.0500. The Morgan fingerprint density at radius 1 is 1.52 bits per heavy atom. The van der Waals surface area contributed by atoms with E-state index in [1.807, 2.05) is 0 Å². The van der Waals surface area contributed by atoms with Gasteiger partial charge in [0.1, 0.15) is 0 Å². The van der Waals surface area contributed by atoms with Gasteiger partial charge >= 0.3 is 0 Å². The normalized spacial score (nSPS) is 18.4. The first-order chi connectivity index (χ1) is 9.85. The molecule has 1 heterocycles. The molecule has 0 aliphatic carbocycles. The summed E-state index contributed by atoms with van der Waals surface area (Å²) in [4.78, 5) is 14.2. The first-order valence-electron chi connectivity index (χ1n) is 7.07. The summed E-state index contributed by atoms with van der Waals surface area (Å²) >= 11 is 6.04. The highest BCUT2D eigenvalue weighted by molar-refractivity contribution is 6.34. The van der Waals surface area contributed by atoms with E-state index in [1.54, 1.807) is 18.2 Å². The topological polar surface area (TPSA) is 67.6 Å². The summed E-state index contributed by atoms with van der Waals surface area (Å²) in [7, 11) is 0. The van der Waals surface area contributed by atoms with Gasteiger partial charge in [-0.2, -0.15) is 0 Å². The molecule has 0 saturated carbocycles. The van der Waals surface area contributed by atoms with Gasteiger partial charge in [0.05, 0.1) is 22.9 Å². The number of rotatable bonds is 4. The zero-order chi connectivity index (χ0) is 15.5. The van der Waals surface area contributed by atoms with Crippen molar-refractivity contribution in [3.05, 3.63) is 23.2 Å². The molecule has 1 aromatic carbocycles. The number of nitrogen functional groups attached to an aromatic ring is 1. The average Bonchev–Trinajstić information content (AvgIpc) is 2.39. The lowest BCUT2D eigenvalue weighted by atomic mass is 10.1. The van der Waals surface area contributed by atoms with E-state index in [4.69, 9.17) is 22.1 Å². The van der Waals surface area contributed by atoms with Crippen LogP contribution in [0.15, 0.2) is 18.2 Å². The lowest BCUT2D eigenvalue weighted by Crippen LogP contribution is -2.48. The molecule has 0 unspecified atom stereocenters. The van der Waals surface area contributed by atoms with Gasteiger partial charge in [-0.15, -0.1) is 0 Å². The number of benzene rings is 1. The van der Waals surface area contributed by atoms with Crippen LogP contribution in [0.5, 0.6) is 0 Å². The van der Waals surface area contributed by atoms with Crippen molar-refractivity contribution >= 4 is 28.9 Å². The highest BCUT2D eigenvalue weighted by atomic mass is 35.5. The first-order valence-corrected chi connectivity index (χ1v) is 7.45. The zero-order valence-corrected chi connectivity index (χ0v) is 13.2. The SMILES string of the molecule is CC1(C)CN(CCC(=O)Nc2ccc(N)cc2Cl)CCO1. The fourth-order valence-electron chi connectivity index (χ4n) is 2.41. The number of carbonyl (C=O) groups excluding carboxylic acids is 1. The second-order valence-electron chi connectivity index (χ2n) is 5.92. The van der Waals surface area contributed by atoms with Crippen molar-refractivity contribution in [2.45, 2.75) is 25.9 Å². The Bertz CT molecular complexity index is 520. The predicted molar refractivity (Wildman–Crippen MR) is 85.6 cm³/mol. The number of carbonyl (C=O) groups is 1. The standard InChI is InChI=1S/C15H22ClN3O2/c1-15(2)10-19(7-8-21-15)6-5-14(20)18-13-4-3-11(17)9-12(13)16/h3-4,9H,5-8,10,17H2,1-2H3,(H,18,20). The van der Waals surface area contributed by atoms with E-state index in [9.17, 15) is 4.79 Å². The fourth-order valence-corrected chi connectivity index (χ4v) is 2.65. The number of ether oxygens (including phenoxy) is 1. The van der Waals surface area contributed by atoms with Gasteiger partial charge in [0.2, 0.25) is 5.91 Å². The maximum atomic E-state index is 12.0. The van der Waals surface area contributed by atoms with Crippen LogP contribution >= 0.6 is 11.6 Å². The first kappa shape index (κ1) is 16.1. The van der Waals surface area contributed by atoms with Crippen molar-refractivity contribution in [1.29, 1.82) is 0 Å². The number of anilines is 2. The van der Waals surface area contributed by atoms with Gasteiger partial charge in [0, 0.05) is 31.7 Å². The number of amides is 1. The minimum absolute atomic E-state index is 0.0500. The van der Waals surface area contributed by atoms with Gasteiger partial charge in [-0.3, -0.25) is 9.69 Å². The molecule has 3 N–H and O–H groups in total. The van der Waals surface area contributed by atoms with E-state index in [1.165, 1.54) is 0 Å². The molecule has 0 radical (unpaired) electrons. The second-order valence-corrected chi connectivity index (χ2v) is 6.33. The Balaban J connectivity index is 1.82. The van der Waals surface area contributed by atoms with Crippen molar-refractivity contribution in [2.75, 3.05) is 37.3 Å². The third kappa shape index (κ3) is 4.88. The van der Waals surface area contributed by atoms with Gasteiger partial charge in [0.15, 0.2) is 0 Å². The Kier molecular flexibility index (Phi) is 5.08. The summed E-state index contributed by atoms with van der Waals surface area (Å²) in [6.45, 7) is 7.24. The second kappa shape index (κ2) is 6.64. The van der Waals surface area contributed by atoms with Crippen LogP contribution in [-0.4, -0.2) is 42.6 Å². The number of nitrogens with two attached hydrogens (primary N) is 1. The molecule has 1 aliphatic rings. The molecule has 21 heavy (non-hydrogen) atoms. The van der Waals surface area contributed by atoms with Crippen LogP contribution in [0.3, 0.4) is 0 Å². The Labute approximate surface area is 130 Å². The Hall–Kier alpha value is -1.30. The van der Waals surface area contributed by atoms with Gasteiger partial charge < -0.3 is 15.8 Å². The third-order valence-corrected chi connectivity index (χ3v) is 3.74. The highest BCUT2D eigenvalue weighted by Gasteiger charge is 2.27. The third-order valence-electron chi connectivity index (χ3n) is 3.43. The van der Waals surface area contributed by atoms with Gasteiger partial charge in [-0.1, -0.05) is 11.6 Å². The molecule has 1 saturated heterocycles. The lowest BCUT2D eigenvalue weighted by molar-refractivity contribution is -0.118. The monoisotopic (exact) mass is 311 g/mol. The molecule has 5 nitrogen and oxygen atoms in total. The summed E-state index contributed by atoms with van der Waals surface area (Å²) in [5.41, 5.74) is 6.65. The molecular weight excluding hydrogens is 290 g/mol. The number of morpholine rings is 1. The molecule has 0 aromatic heterocycles. The van der Waals surface area contributed by atoms with Crippen LogP contribution in [0.4, 0.5) is 11.4 Å². The summed E-state index contributed by atoms with van der Waals surface area (Å²) in [6.07, 6.45) is 0.427. The van der Waals surface area contributed by atoms with Crippen LogP contribution in [-0.2, 0) is 9.53 Å². The largest absolute Gasteiger partial charge is 0.399 e.